The highest BCUT2D eigenvalue weighted by molar-refractivity contribution is 5.96. The Balaban J connectivity index is 1.32. The van der Waals surface area contributed by atoms with Gasteiger partial charge in [0.1, 0.15) is 5.75 Å². The van der Waals surface area contributed by atoms with Gasteiger partial charge in [0.2, 0.25) is 5.91 Å². The first-order valence-electron chi connectivity index (χ1n) is 10.5. The van der Waals surface area contributed by atoms with Gasteiger partial charge >= 0.3 is 6.61 Å². The molecule has 1 fully saturated rings. The second kappa shape index (κ2) is 9.43. The van der Waals surface area contributed by atoms with Crippen molar-refractivity contribution in [3.63, 3.8) is 0 Å². The number of hydrogen-bond donors (Lipinski definition) is 0. The van der Waals surface area contributed by atoms with Crippen LogP contribution in [0.25, 0.3) is 0 Å². The highest BCUT2D eigenvalue weighted by Gasteiger charge is 2.27. The Hall–Kier alpha value is -3.00. The van der Waals surface area contributed by atoms with E-state index >= 15 is 0 Å². The van der Waals surface area contributed by atoms with Gasteiger partial charge in [-0.3, -0.25) is 14.5 Å². The van der Waals surface area contributed by atoms with Crippen LogP contribution in [0.15, 0.2) is 48.5 Å². The molecule has 0 atom stereocenters. The van der Waals surface area contributed by atoms with Gasteiger partial charge in [-0.15, -0.1) is 0 Å². The number of nitrogens with zero attached hydrogens (tertiary/aromatic N) is 3. The van der Waals surface area contributed by atoms with Crippen LogP contribution < -0.4 is 9.64 Å². The predicted molar refractivity (Wildman–Crippen MR) is 113 cm³/mol. The average Bonchev–Trinajstić information content (AvgIpc) is 2.78. The number of carbonyl (C=O) groups is 2. The first kappa shape index (κ1) is 21.2. The number of benzene rings is 2. The summed E-state index contributed by atoms with van der Waals surface area (Å²) in [6.45, 7) is 0.226. The maximum atomic E-state index is 12.9. The van der Waals surface area contributed by atoms with Crippen LogP contribution in [0.3, 0.4) is 0 Å². The molecule has 0 unspecified atom stereocenters. The Morgan fingerprint density at radius 2 is 1.74 bits per heavy atom. The van der Waals surface area contributed by atoms with Crippen molar-refractivity contribution in [2.24, 2.45) is 0 Å². The summed E-state index contributed by atoms with van der Waals surface area (Å²) < 4.78 is 29.2. The molecule has 2 amide bonds. The van der Waals surface area contributed by atoms with Crippen molar-refractivity contribution >= 4 is 17.5 Å². The molecule has 0 radical (unpaired) electrons. The van der Waals surface area contributed by atoms with Crippen molar-refractivity contribution < 1.29 is 23.1 Å². The number of halogens is 2. The van der Waals surface area contributed by atoms with Crippen molar-refractivity contribution in [1.29, 1.82) is 0 Å². The molecule has 2 aromatic rings. The van der Waals surface area contributed by atoms with E-state index in [2.05, 4.69) is 15.7 Å². The summed E-state index contributed by atoms with van der Waals surface area (Å²) in [7, 11) is 0. The average molecular weight is 429 g/mol. The van der Waals surface area contributed by atoms with Crippen molar-refractivity contribution in [3.05, 3.63) is 59.7 Å². The number of amides is 2. The summed E-state index contributed by atoms with van der Waals surface area (Å²) in [6.07, 6.45) is 1.95. The standard InChI is InChI=1S/C23H25F2N3O3/c24-23(25)31-19-8-3-6-18(15-19)22(30)27-13-11-26(12-14-27)16-21(29)28-10-4-7-17-5-1-2-9-20(17)28/h1-3,5-6,8-9,15,23H,4,7,10-14,16H2. The van der Waals surface area contributed by atoms with E-state index in [9.17, 15) is 18.4 Å². The number of hydrogen-bond acceptors (Lipinski definition) is 4. The van der Waals surface area contributed by atoms with Crippen LogP contribution in [-0.4, -0.2) is 67.5 Å². The van der Waals surface area contributed by atoms with Gasteiger partial charge < -0.3 is 14.5 Å². The van der Waals surface area contributed by atoms with E-state index in [-0.39, 0.29) is 17.6 Å². The second-order valence-electron chi connectivity index (χ2n) is 7.75. The Labute approximate surface area is 180 Å². The quantitative estimate of drug-likeness (QED) is 0.733. The third kappa shape index (κ3) is 5.02. The first-order chi connectivity index (χ1) is 15.0. The number of piperazine rings is 1. The fraction of sp³-hybridized carbons (Fsp3) is 0.391. The zero-order valence-corrected chi connectivity index (χ0v) is 17.2. The van der Waals surface area contributed by atoms with E-state index in [0.29, 0.717) is 38.3 Å². The summed E-state index contributed by atoms with van der Waals surface area (Å²) >= 11 is 0. The summed E-state index contributed by atoms with van der Waals surface area (Å²) in [6, 6.07) is 13.9. The largest absolute Gasteiger partial charge is 0.435 e. The highest BCUT2D eigenvalue weighted by atomic mass is 19.3. The van der Waals surface area contributed by atoms with Gasteiger partial charge in [0.15, 0.2) is 0 Å². The Morgan fingerprint density at radius 1 is 0.968 bits per heavy atom. The zero-order valence-electron chi connectivity index (χ0n) is 17.2. The lowest BCUT2D eigenvalue weighted by molar-refractivity contribution is -0.120. The van der Waals surface area contributed by atoms with Crippen LogP contribution in [0.5, 0.6) is 5.75 Å². The van der Waals surface area contributed by atoms with Gasteiger partial charge in [-0.1, -0.05) is 24.3 Å². The van der Waals surface area contributed by atoms with Crippen LogP contribution >= 0.6 is 0 Å². The van der Waals surface area contributed by atoms with Gasteiger partial charge in [-0.2, -0.15) is 8.78 Å². The molecule has 0 N–H and O–H groups in total. The lowest BCUT2D eigenvalue weighted by Gasteiger charge is -2.36. The minimum absolute atomic E-state index is 0.0353. The molecule has 4 rings (SSSR count). The van der Waals surface area contributed by atoms with Crippen LogP contribution in [0, 0.1) is 0 Å². The second-order valence-corrected chi connectivity index (χ2v) is 7.75. The number of alkyl halides is 2. The molecule has 0 aromatic heterocycles. The van der Waals surface area contributed by atoms with Crippen molar-refractivity contribution in [3.8, 4) is 5.75 Å². The number of aryl methyl sites for hydroxylation is 1. The van der Waals surface area contributed by atoms with Gasteiger partial charge in [0.25, 0.3) is 5.91 Å². The van der Waals surface area contributed by atoms with Gasteiger partial charge in [-0.05, 0) is 42.7 Å². The molecule has 0 bridgehead atoms. The molecule has 2 aliphatic heterocycles. The molecule has 0 spiro atoms. The smallest absolute Gasteiger partial charge is 0.387 e. The fourth-order valence-corrected chi connectivity index (χ4v) is 4.17. The Bertz CT molecular complexity index is 945. The van der Waals surface area contributed by atoms with E-state index in [1.54, 1.807) is 11.0 Å². The molecule has 2 heterocycles. The number of anilines is 1. The van der Waals surface area contributed by atoms with E-state index in [4.69, 9.17) is 0 Å². The van der Waals surface area contributed by atoms with Crippen LogP contribution in [0.4, 0.5) is 14.5 Å². The maximum absolute atomic E-state index is 12.9. The lowest BCUT2D eigenvalue weighted by Crippen LogP contribution is -2.52. The Kier molecular flexibility index (Phi) is 6.46. The molecule has 2 aliphatic rings. The third-order valence-corrected chi connectivity index (χ3v) is 5.74. The van der Waals surface area contributed by atoms with Crippen LogP contribution in [0.2, 0.25) is 0 Å². The molecular formula is C23H25F2N3O3. The topological polar surface area (TPSA) is 53.1 Å². The number of carbonyl (C=O) groups excluding carboxylic acids is 2. The minimum Gasteiger partial charge on any atom is -0.435 e. The van der Waals surface area contributed by atoms with Gasteiger partial charge in [-0.25, -0.2) is 0 Å². The van der Waals surface area contributed by atoms with E-state index in [1.165, 1.54) is 23.8 Å². The predicted octanol–water partition coefficient (Wildman–Crippen LogP) is 3.03. The summed E-state index contributed by atoms with van der Waals surface area (Å²) in [5.41, 5.74) is 2.52. The third-order valence-electron chi connectivity index (χ3n) is 5.74. The Morgan fingerprint density at radius 3 is 2.52 bits per heavy atom. The SMILES string of the molecule is O=C(c1cccc(OC(F)F)c1)N1CCN(CC(=O)N2CCCc3ccccc32)CC1. The molecule has 0 saturated carbocycles. The number of para-hydroxylation sites is 1. The molecular weight excluding hydrogens is 404 g/mol. The summed E-state index contributed by atoms with van der Waals surface area (Å²) in [5.74, 6) is -0.189. The summed E-state index contributed by atoms with van der Waals surface area (Å²) in [4.78, 5) is 31.3. The zero-order chi connectivity index (χ0) is 21.8. The number of ether oxygens (including phenoxy) is 1. The van der Waals surface area contributed by atoms with Gasteiger partial charge in [0.05, 0.1) is 6.54 Å². The monoisotopic (exact) mass is 429 g/mol. The first-order valence-corrected chi connectivity index (χ1v) is 10.5. The molecule has 164 valence electrons. The van der Waals surface area contributed by atoms with Crippen molar-refractivity contribution in [2.75, 3.05) is 44.2 Å². The number of fused-ring (bicyclic) bond motifs is 1. The molecule has 6 nitrogen and oxygen atoms in total. The van der Waals surface area contributed by atoms with Crippen molar-refractivity contribution in [1.82, 2.24) is 9.80 Å². The van der Waals surface area contributed by atoms with Gasteiger partial charge in [0, 0.05) is 44.0 Å². The maximum Gasteiger partial charge on any atom is 0.387 e. The molecule has 31 heavy (non-hydrogen) atoms. The van der Waals surface area contributed by atoms with Crippen LogP contribution in [0.1, 0.15) is 22.3 Å². The van der Waals surface area contributed by atoms with E-state index in [1.807, 2.05) is 23.1 Å². The summed E-state index contributed by atoms with van der Waals surface area (Å²) in [5, 5.41) is 0. The fourth-order valence-electron chi connectivity index (χ4n) is 4.17. The highest BCUT2D eigenvalue weighted by Crippen LogP contribution is 2.27. The normalized spacial score (nSPS) is 16.9. The van der Waals surface area contributed by atoms with E-state index < -0.39 is 6.61 Å². The molecule has 8 heteroatoms. The molecule has 0 aliphatic carbocycles. The number of rotatable bonds is 5. The molecule has 1 saturated heterocycles. The van der Waals surface area contributed by atoms with E-state index in [0.717, 1.165) is 25.1 Å². The lowest BCUT2D eigenvalue weighted by atomic mass is 10.0. The molecule has 2 aromatic carbocycles. The van der Waals surface area contributed by atoms with Crippen molar-refractivity contribution in [2.45, 2.75) is 19.5 Å². The van der Waals surface area contributed by atoms with Crippen LogP contribution in [-0.2, 0) is 11.2 Å². The minimum atomic E-state index is -2.93.